The molecule has 31 heavy (non-hydrogen) atoms. The Hall–Kier alpha value is -3.21. The number of allylic oxidation sites excluding steroid dienone is 2. The molecule has 3 rings (SSSR count). The van der Waals surface area contributed by atoms with Crippen LogP contribution < -0.4 is 9.47 Å². The van der Waals surface area contributed by atoms with E-state index in [4.69, 9.17) is 9.47 Å². The number of para-hydroxylation sites is 1. The molecular weight excluding hydrogens is 401 g/mol. The molecule has 0 aliphatic heterocycles. The Bertz CT molecular complexity index is 1000. The molecule has 0 saturated carbocycles. The average Bonchev–Trinajstić information content (AvgIpc) is 2.77. The monoisotopic (exact) mass is 426 g/mol. The van der Waals surface area contributed by atoms with Crippen LogP contribution in [0.3, 0.4) is 0 Å². The van der Waals surface area contributed by atoms with Crippen LogP contribution in [0.2, 0.25) is 0 Å². The standard InChI is InChI=1S/C26H25F3O2/c1-3-30-21-14-12-20(13-15-21)26(2,25(28)29)17-7-8-19-11-16-23(27)24(18-19)31-22-9-5-4-6-10-22/h4-7,9-18,25H,3,8H2,1-2H3. The third kappa shape index (κ3) is 5.69. The summed E-state index contributed by atoms with van der Waals surface area (Å²) in [6, 6.07) is 20.1. The van der Waals surface area contributed by atoms with Gasteiger partial charge in [0.2, 0.25) is 0 Å². The molecule has 1 unspecified atom stereocenters. The van der Waals surface area contributed by atoms with E-state index in [1.54, 1.807) is 66.7 Å². The quantitative estimate of drug-likeness (QED) is 0.333. The minimum atomic E-state index is -2.59. The van der Waals surface area contributed by atoms with Gasteiger partial charge in [0.25, 0.3) is 6.43 Å². The number of benzene rings is 3. The molecule has 0 bridgehead atoms. The summed E-state index contributed by atoms with van der Waals surface area (Å²) in [5.41, 5.74) is -0.199. The number of halogens is 3. The Balaban J connectivity index is 1.76. The molecule has 0 saturated heterocycles. The number of alkyl halides is 2. The Labute approximate surface area is 180 Å². The number of hydrogen-bond acceptors (Lipinski definition) is 2. The van der Waals surface area contributed by atoms with Crippen molar-refractivity contribution in [3.05, 3.63) is 102 Å². The predicted molar refractivity (Wildman–Crippen MR) is 117 cm³/mol. The minimum Gasteiger partial charge on any atom is -0.494 e. The minimum absolute atomic E-state index is 0.0974. The fraction of sp³-hybridized carbons (Fsp3) is 0.231. The second-order valence-electron chi connectivity index (χ2n) is 7.33. The normalized spacial score (nSPS) is 13.4. The van der Waals surface area contributed by atoms with Gasteiger partial charge >= 0.3 is 0 Å². The van der Waals surface area contributed by atoms with Crippen LogP contribution in [0.25, 0.3) is 0 Å². The van der Waals surface area contributed by atoms with E-state index in [1.807, 2.05) is 13.0 Å². The first-order valence-electron chi connectivity index (χ1n) is 10.1. The van der Waals surface area contributed by atoms with Crippen molar-refractivity contribution in [1.29, 1.82) is 0 Å². The highest BCUT2D eigenvalue weighted by molar-refractivity contribution is 5.38. The number of ether oxygens (including phenoxy) is 2. The van der Waals surface area contributed by atoms with Gasteiger partial charge in [0.15, 0.2) is 11.6 Å². The van der Waals surface area contributed by atoms with Crippen LogP contribution in [0.15, 0.2) is 84.9 Å². The van der Waals surface area contributed by atoms with Crippen molar-refractivity contribution >= 4 is 0 Å². The Morgan fingerprint density at radius 1 is 0.935 bits per heavy atom. The largest absolute Gasteiger partial charge is 0.494 e. The zero-order valence-corrected chi connectivity index (χ0v) is 17.5. The van der Waals surface area contributed by atoms with Crippen LogP contribution in [-0.4, -0.2) is 13.0 Å². The fourth-order valence-electron chi connectivity index (χ4n) is 3.18. The SMILES string of the molecule is CCOc1ccc(C(C)(C=CCc2ccc(F)c(Oc3ccccc3)c2)C(F)F)cc1. The summed E-state index contributed by atoms with van der Waals surface area (Å²) in [5.74, 6) is 0.780. The molecule has 3 aromatic carbocycles. The van der Waals surface area contributed by atoms with Crippen LogP contribution in [-0.2, 0) is 11.8 Å². The predicted octanol–water partition coefficient (Wildman–Crippen LogP) is 7.34. The molecule has 0 amide bonds. The lowest BCUT2D eigenvalue weighted by Crippen LogP contribution is -2.28. The van der Waals surface area contributed by atoms with Crippen molar-refractivity contribution in [2.75, 3.05) is 6.61 Å². The van der Waals surface area contributed by atoms with E-state index in [9.17, 15) is 13.2 Å². The number of hydrogen-bond donors (Lipinski definition) is 0. The lowest BCUT2D eigenvalue weighted by atomic mass is 9.82. The van der Waals surface area contributed by atoms with Crippen molar-refractivity contribution in [1.82, 2.24) is 0 Å². The van der Waals surface area contributed by atoms with Gasteiger partial charge in [-0.05, 0) is 67.8 Å². The molecule has 0 N–H and O–H groups in total. The van der Waals surface area contributed by atoms with Gasteiger partial charge in [-0.2, -0.15) is 0 Å². The van der Waals surface area contributed by atoms with Gasteiger partial charge < -0.3 is 9.47 Å². The van der Waals surface area contributed by atoms with E-state index in [0.717, 1.165) is 5.56 Å². The third-order valence-corrected chi connectivity index (χ3v) is 5.02. The number of rotatable bonds is 9. The average molecular weight is 426 g/mol. The maximum absolute atomic E-state index is 14.1. The first-order valence-corrected chi connectivity index (χ1v) is 10.1. The molecule has 0 fully saturated rings. The van der Waals surface area contributed by atoms with Gasteiger partial charge in [-0.1, -0.05) is 48.6 Å². The van der Waals surface area contributed by atoms with E-state index in [0.29, 0.717) is 30.1 Å². The third-order valence-electron chi connectivity index (χ3n) is 5.02. The summed E-state index contributed by atoms with van der Waals surface area (Å²) in [6.45, 7) is 3.88. The lowest BCUT2D eigenvalue weighted by molar-refractivity contribution is 0.0845. The maximum atomic E-state index is 14.1. The van der Waals surface area contributed by atoms with E-state index >= 15 is 0 Å². The molecule has 162 valence electrons. The molecule has 0 aliphatic carbocycles. The van der Waals surface area contributed by atoms with Gasteiger partial charge in [-0.25, -0.2) is 13.2 Å². The van der Waals surface area contributed by atoms with Crippen LogP contribution in [0.5, 0.6) is 17.2 Å². The van der Waals surface area contributed by atoms with Crippen molar-refractivity contribution in [2.45, 2.75) is 32.1 Å². The van der Waals surface area contributed by atoms with E-state index in [1.165, 1.54) is 19.1 Å². The smallest absolute Gasteiger partial charge is 0.251 e. The molecule has 3 aromatic rings. The topological polar surface area (TPSA) is 18.5 Å². The molecule has 0 aliphatic rings. The highest BCUT2D eigenvalue weighted by atomic mass is 19.3. The van der Waals surface area contributed by atoms with E-state index in [2.05, 4.69) is 0 Å². The summed E-state index contributed by atoms with van der Waals surface area (Å²) < 4.78 is 53.0. The second kappa shape index (κ2) is 10.2. The van der Waals surface area contributed by atoms with E-state index < -0.39 is 17.7 Å². The van der Waals surface area contributed by atoms with Gasteiger partial charge in [-0.15, -0.1) is 0 Å². The summed E-state index contributed by atoms with van der Waals surface area (Å²) in [6.07, 6.45) is 0.966. The van der Waals surface area contributed by atoms with Crippen molar-refractivity contribution in [2.24, 2.45) is 0 Å². The van der Waals surface area contributed by atoms with Crippen LogP contribution >= 0.6 is 0 Å². The molecule has 5 heteroatoms. The highest BCUT2D eigenvalue weighted by Gasteiger charge is 2.34. The molecule has 1 atom stereocenters. The Kier molecular flexibility index (Phi) is 7.40. The molecule has 2 nitrogen and oxygen atoms in total. The maximum Gasteiger partial charge on any atom is 0.251 e. The molecule has 0 heterocycles. The van der Waals surface area contributed by atoms with Crippen molar-refractivity contribution in [3.63, 3.8) is 0 Å². The first-order chi connectivity index (χ1) is 14.9. The summed E-state index contributed by atoms with van der Waals surface area (Å²) in [5, 5.41) is 0. The summed E-state index contributed by atoms with van der Waals surface area (Å²) >= 11 is 0. The molecule has 0 aromatic heterocycles. The first kappa shape index (κ1) is 22.5. The second-order valence-corrected chi connectivity index (χ2v) is 7.33. The van der Waals surface area contributed by atoms with Crippen LogP contribution in [0.4, 0.5) is 13.2 Å². The summed E-state index contributed by atoms with van der Waals surface area (Å²) in [7, 11) is 0. The zero-order valence-electron chi connectivity index (χ0n) is 17.5. The fourth-order valence-corrected chi connectivity index (χ4v) is 3.18. The van der Waals surface area contributed by atoms with Gasteiger partial charge in [0.1, 0.15) is 11.5 Å². The Morgan fingerprint density at radius 3 is 2.29 bits per heavy atom. The van der Waals surface area contributed by atoms with Gasteiger partial charge in [0.05, 0.1) is 12.0 Å². The highest BCUT2D eigenvalue weighted by Crippen LogP contribution is 2.34. The summed E-state index contributed by atoms with van der Waals surface area (Å²) in [4.78, 5) is 0. The van der Waals surface area contributed by atoms with Crippen LogP contribution in [0.1, 0.15) is 25.0 Å². The molecule has 0 radical (unpaired) electrons. The van der Waals surface area contributed by atoms with Gasteiger partial charge in [0, 0.05) is 0 Å². The molecule has 0 spiro atoms. The van der Waals surface area contributed by atoms with Crippen molar-refractivity contribution < 1.29 is 22.6 Å². The zero-order chi connectivity index (χ0) is 22.3. The Morgan fingerprint density at radius 2 is 1.65 bits per heavy atom. The van der Waals surface area contributed by atoms with Crippen LogP contribution in [0, 0.1) is 5.82 Å². The van der Waals surface area contributed by atoms with Gasteiger partial charge in [-0.3, -0.25) is 0 Å². The van der Waals surface area contributed by atoms with E-state index in [-0.39, 0.29) is 5.75 Å². The lowest BCUT2D eigenvalue weighted by Gasteiger charge is -2.26. The van der Waals surface area contributed by atoms with Crippen molar-refractivity contribution in [3.8, 4) is 17.2 Å². The molecular formula is C26H25F3O2.